The maximum absolute atomic E-state index is 12.7. The quantitative estimate of drug-likeness (QED) is 0.230. The fourth-order valence-electron chi connectivity index (χ4n) is 6.32. The molecule has 240 valence electrons. The van der Waals surface area contributed by atoms with E-state index in [4.69, 9.17) is 47.4 Å². The zero-order chi connectivity index (χ0) is 31.6. The SMILES string of the molecule is CO[C@H]1O[C@@H](O[C@@H]2O[C@H](COC(C)=O)[C@@H](OC(C)=O)[C@H](OC(C)=O)[C@H]2OC(C)=O)[C@@H]2[C@H](COC(C)=O)C[C@@H]3OC(=O)[C@H]1[C@H]23. The van der Waals surface area contributed by atoms with Crippen molar-refractivity contribution >= 4 is 35.8 Å². The van der Waals surface area contributed by atoms with E-state index in [1.54, 1.807) is 0 Å². The van der Waals surface area contributed by atoms with E-state index in [0.717, 1.165) is 27.7 Å². The van der Waals surface area contributed by atoms with Crippen molar-refractivity contribution in [2.75, 3.05) is 20.3 Å². The number of hydrogen-bond donors (Lipinski definition) is 0. The molecule has 16 heteroatoms. The molecule has 4 rings (SSSR count). The molecule has 0 aromatic rings. The van der Waals surface area contributed by atoms with Gasteiger partial charge in [-0.3, -0.25) is 28.8 Å². The molecule has 0 aromatic carbocycles. The zero-order valence-corrected chi connectivity index (χ0v) is 24.6. The normalized spacial score (nSPS) is 37.9. The van der Waals surface area contributed by atoms with Crippen LogP contribution >= 0.6 is 0 Å². The van der Waals surface area contributed by atoms with Gasteiger partial charge in [-0.1, -0.05) is 0 Å². The molecule has 4 fully saturated rings. The first-order valence-electron chi connectivity index (χ1n) is 13.8. The van der Waals surface area contributed by atoms with Gasteiger partial charge >= 0.3 is 35.8 Å². The van der Waals surface area contributed by atoms with Gasteiger partial charge in [0.1, 0.15) is 24.7 Å². The fraction of sp³-hybridized carbons (Fsp3) is 0.778. The topological polar surface area (TPSA) is 195 Å². The molecule has 0 bridgehead atoms. The third kappa shape index (κ3) is 7.25. The summed E-state index contributed by atoms with van der Waals surface area (Å²) in [5.74, 6) is -6.24. The molecule has 0 unspecified atom stereocenters. The predicted octanol–water partition coefficient (Wildman–Crippen LogP) is -0.228. The maximum Gasteiger partial charge on any atom is 0.314 e. The van der Waals surface area contributed by atoms with Crippen molar-refractivity contribution in [2.45, 2.75) is 90.4 Å². The van der Waals surface area contributed by atoms with Gasteiger partial charge in [0.05, 0.1) is 6.61 Å². The molecule has 0 aromatic heterocycles. The van der Waals surface area contributed by atoms with E-state index in [1.165, 1.54) is 14.0 Å². The Bertz CT molecular complexity index is 1110. The summed E-state index contributed by atoms with van der Waals surface area (Å²) in [7, 11) is 1.35. The van der Waals surface area contributed by atoms with Gasteiger partial charge in [0.25, 0.3) is 0 Å². The maximum atomic E-state index is 12.7. The van der Waals surface area contributed by atoms with Crippen LogP contribution in [0, 0.1) is 23.7 Å². The van der Waals surface area contributed by atoms with Crippen LogP contribution in [0.3, 0.4) is 0 Å². The molecule has 0 N–H and O–H groups in total. The van der Waals surface area contributed by atoms with Crippen LogP contribution in [0.2, 0.25) is 0 Å². The lowest BCUT2D eigenvalue weighted by atomic mass is 9.78. The molecule has 0 radical (unpaired) electrons. The highest BCUT2D eigenvalue weighted by Gasteiger charge is 2.65. The fourth-order valence-corrected chi connectivity index (χ4v) is 6.32. The summed E-state index contributed by atoms with van der Waals surface area (Å²) < 4.78 is 56.3. The molecule has 4 aliphatic rings. The van der Waals surface area contributed by atoms with E-state index in [9.17, 15) is 28.8 Å². The Kier molecular flexibility index (Phi) is 10.2. The monoisotopic (exact) mass is 616 g/mol. The summed E-state index contributed by atoms with van der Waals surface area (Å²) in [6, 6.07) is 0. The minimum atomic E-state index is -1.54. The Morgan fingerprint density at radius 1 is 0.698 bits per heavy atom. The Labute approximate surface area is 246 Å². The van der Waals surface area contributed by atoms with Crippen molar-refractivity contribution in [2.24, 2.45) is 23.7 Å². The van der Waals surface area contributed by atoms with E-state index in [2.05, 4.69) is 0 Å². The van der Waals surface area contributed by atoms with E-state index in [0.29, 0.717) is 6.42 Å². The molecular formula is C27H36O16. The summed E-state index contributed by atoms with van der Waals surface area (Å²) in [5, 5.41) is 0. The Balaban J connectivity index is 1.70. The summed E-state index contributed by atoms with van der Waals surface area (Å²) in [6.07, 6.45) is -9.56. The second kappa shape index (κ2) is 13.5. The van der Waals surface area contributed by atoms with Crippen molar-refractivity contribution in [1.82, 2.24) is 0 Å². The third-order valence-corrected chi connectivity index (χ3v) is 7.73. The number of esters is 6. The first-order chi connectivity index (χ1) is 20.3. The Hall–Kier alpha value is -3.34. The summed E-state index contributed by atoms with van der Waals surface area (Å²) >= 11 is 0. The molecule has 1 aliphatic carbocycles. The van der Waals surface area contributed by atoms with Crippen molar-refractivity contribution in [1.29, 1.82) is 0 Å². The molecule has 12 atom stereocenters. The number of hydrogen-bond acceptors (Lipinski definition) is 16. The number of ether oxygens (including phenoxy) is 10. The van der Waals surface area contributed by atoms with Crippen LogP contribution in [-0.2, 0) is 76.1 Å². The molecule has 0 spiro atoms. The molecule has 43 heavy (non-hydrogen) atoms. The zero-order valence-electron chi connectivity index (χ0n) is 24.6. The Morgan fingerprint density at radius 2 is 1.28 bits per heavy atom. The van der Waals surface area contributed by atoms with E-state index < -0.39 is 110 Å². The lowest BCUT2D eigenvalue weighted by molar-refractivity contribution is -0.381. The second-order valence-corrected chi connectivity index (χ2v) is 10.8. The van der Waals surface area contributed by atoms with Crippen LogP contribution in [0.4, 0.5) is 0 Å². The predicted molar refractivity (Wildman–Crippen MR) is 134 cm³/mol. The molecule has 3 aliphatic heterocycles. The van der Waals surface area contributed by atoms with Crippen LogP contribution < -0.4 is 0 Å². The van der Waals surface area contributed by atoms with E-state index in [1.807, 2.05) is 0 Å². The van der Waals surface area contributed by atoms with Gasteiger partial charge < -0.3 is 47.4 Å². The minimum Gasteiger partial charge on any atom is -0.466 e. The van der Waals surface area contributed by atoms with Crippen LogP contribution in [0.25, 0.3) is 0 Å². The third-order valence-electron chi connectivity index (χ3n) is 7.73. The molecule has 3 saturated heterocycles. The molecule has 1 saturated carbocycles. The van der Waals surface area contributed by atoms with Gasteiger partial charge in [0, 0.05) is 59.5 Å². The van der Waals surface area contributed by atoms with Gasteiger partial charge in [-0.05, 0) is 6.42 Å². The summed E-state index contributed by atoms with van der Waals surface area (Å²) in [5.41, 5.74) is 0. The summed E-state index contributed by atoms with van der Waals surface area (Å²) in [6.45, 7) is 5.28. The van der Waals surface area contributed by atoms with Gasteiger partial charge in [-0.25, -0.2) is 0 Å². The Morgan fingerprint density at radius 3 is 1.86 bits per heavy atom. The van der Waals surface area contributed by atoms with E-state index >= 15 is 0 Å². The highest BCUT2D eigenvalue weighted by atomic mass is 16.8. The van der Waals surface area contributed by atoms with E-state index in [-0.39, 0.29) is 12.5 Å². The van der Waals surface area contributed by atoms with Crippen molar-refractivity contribution in [3.63, 3.8) is 0 Å². The first-order valence-corrected chi connectivity index (χ1v) is 13.8. The molecule has 3 heterocycles. The van der Waals surface area contributed by atoms with Gasteiger partial charge in [0.15, 0.2) is 30.9 Å². The minimum absolute atomic E-state index is 0.0172. The van der Waals surface area contributed by atoms with Gasteiger partial charge in [-0.15, -0.1) is 0 Å². The van der Waals surface area contributed by atoms with Crippen molar-refractivity contribution in [3.05, 3.63) is 0 Å². The number of carbonyl (C=O) groups excluding carboxylic acids is 6. The number of carbonyl (C=O) groups is 6. The smallest absolute Gasteiger partial charge is 0.314 e. The average molecular weight is 617 g/mol. The molecule has 16 nitrogen and oxygen atoms in total. The van der Waals surface area contributed by atoms with Crippen LogP contribution in [0.5, 0.6) is 0 Å². The standard InChI is InChI=1S/C27H36O16/c1-10(28)35-8-15-7-16-19-18(15)26(42-25(34-6)20(19)24(33)40-16)43-27-23(39-14(5)32)22(38-13(4)31)21(37-12(3)30)17(41-27)9-36-11(2)29/h15-23,25-27H,7-9H2,1-6H3/t15-,16-,17+,18+,19-,20+,21+,22-,23+,25-,26-,27-/m0/s1. The lowest BCUT2D eigenvalue weighted by Crippen LogP contribution is -2.64. The lowest BCUT2D eigenvalue weighted by Gasteiger charge is -2.47. The van der Waals surface area contributed by atoms with Crippen molar-refractivity contribution < 1.29 is 76.1 Å². The second-order valence-electron chi connectivity index (χ2n) is 10.8. The number of rotatable bonds is 10. The highest BCUT2D eigenvalue weighted by Crippen LogP contribution is 2.55. The molecule has 0 amide bonds. The summed E-state index contributed by atoms with van der Waals surface area (Å²) in [4.78, 5) is 72.4. The molecular weight excluding hydrogens is 580 g/mol. The van der Waals surface area contributed by atoms with Crippen LogP contribution in [0.15, 0.2) is 0 Å². The largest absolute Gasteiger partial charge is 0.466 e. The number of methoxy groups -OCH3 is 1. The highest BCUT2D eigenvalue weighted by molar-refractivity contribution is 5.76. The average Bonchev–Trinajstić information content (AvgIpc) is 3.42. The van der Waals surface area contributed by atoms with Crippen molar-refractivity contribution in [3.8, 4) is 0 Å². The van der Waals surface area contributed by atoms with Gasteiger partial charge in [-0.2, -0.15) is 0 Å². The van der Waals surface area contributed by atoms with Crippen LogP contribution in [-0.4, -0.2) is 106 Å². The first kappa shape index (κ1) is 32.6. The van der Waals surface area contributed by atoms with Crippen LogP contribution in [0.1, 0.15) is 41.0 Å². The van der Waals surface area contributed by atoms with Gasteiger partial charge in [0.2, 0.25) is 6.29 Å².